The number of aryl methyl sites for hydroxylation is 2. The Balaban J connectivity index is 2.06. The lowest BCUT2D eigenvalue weighted by molar-refractivity contribution is -0.117. The van der Waals surface area contributed by atoms with Gasteiger partial charge in [0.05, 0.1) is 17.5 Å². The molecule has 1 aromatic carbocycles. The SMILES string of the molecule is CCC(=O)N=C1S[C@H]2CS(=O)(=O)C[C@@H]2N1c1ccc(C)cc1C. The third-order valence-corrected chi connectivity index (χ3v) is 7.41. The summed E-state index contributed by atoms with van der Waals surface area (Å²) in [5.74, 6) is 0.102. The summed E-state index contributed by atoms with van der Waals surface area (Å²) in [4.78, 5) is 18.0. The van der Waals surface area contributed by atoms with Gasteiger partial charge in [-0.1, -0.05) is 36.4 Å². The Morgan fingerprint density at radius 2 is 2.09 bits per heavy atom. The Kier molecular flexibility index (Phi) is 4.27. The van der Waals surface area contributed by atoms with Crippen LogP contribution in [0.1, 0.15) is 24.5 Å². The highest BCUT2D eigenvalue weighted by atomic mass is 32.2. The van der Waals surface area contributed by atoms with E-state index in [-0.39, 0.29) is 28.7 Å². The van der Waals surface area contributed by atoms with Gasteiger partial charge in [-0.15, -0.1) is 0 Å². The molecule has 0 spiro atoms. The number of hydrogen-bond donors (Lipinski definition) is 0. The fraction of sp³-hybridized carbons (Fsp3) is 0.500. The Labute approximate surface area is 141 Å². The van der Waals surface area contributed by atoms with Crippen molar-refractivity contribution in [3.63, 3.8) is 0 Å². The summed E-state index contributed by atoms with van der Waals surface area (Å²) in [7, 11) is -3.03. The van der Waals surface area contributed by atoms with E-state index in [9.17, 15) is 13.2 Å². The minimum absolute atomic E-state index is 0.0518. The molecule has 0 saturated carbocycles. The minimum atomic E-state index is -3.03. The van der Waals surface area contributed by atoms with Crippen LogP contribution in [0.15, 0.2) is 23.2 Å². The summed E-state index contributed by atoms with van der Waals surface area (Å²) in [6.45, 7) is 5.80. The van der Waals surface area contributed by atoms with E-state index in [1.807, 2.05) is 30.9 Å². The van der Waals surface area contributed by atoms with E-state index in [0.717, 1.165) is 16.8 Å². The van der Waals surface area contributed by atoms with Crippen LogP contribution in [0.2, 0.25) is 0 Å². The number of carbonyl (C=O) groups is 1. The van der Waals surface area contributed by atoms with E-state index in [1.165, 1.54) is 11.8 Å². The lowest BCUT2D eigenvalue weighted by atomic mass is 10.1. The van der Waals surface area contributed by atoms with Crippen molar-refractivity contribution in [2.45, 2.75) is 38.5 Å². The van der Waals surface area contributed by atoms with Crippen molar-refractivity contribution >= 4 is 38.4 Å². The van der Waals surface area contributed by atoms with Crippen LogP contribution in [0.4, 0.5) is 5.69 Å². The molecule has 0 unspecified atom stereocenters. The Bertz CT molecular complexity index is 787. The molecule has 1 aromatic rings. The number of anilines is 1. The predicted molar refractivity (Wildman–Crippen MR) is 94.9 cm³/mol. The number of aliphatic imine (C=N–C) groups is 1. The van der Waals surface area contributed by atoms with Crippen LogP contribution < -0.4 is 4.90 Å². The van der Waals surface area contributed by atoms with Crippen molar-refractivity contribution in [1.82, 2.24) is 0 Å². The Hall–Kier alpha value is -1.34. The van der Waals surface area contributed by atoms with Crippen LogP contribution in [-0.2, 0) is 14.6 Å². The van der Waals surface area contributed by atoms with E-state index < -0.39 is 9.84 Å². The number of fused-ring (bicyclic) bond motifs is 1. The van der Waals surface area contributed by atoms with Crippen molar-refractivity contribution in [2.75, 3.05) is 16.4 Å². The fourth-order valence-electron chi connectivity index (χ4n) is 3.11. The summed E-state index contributed by atoms with van der Waals surface area (Å²) in [5, 5.41) is 0.581. The van der Waals surface area contributed by atoms with Crippen LogP contribution in [0, 0.1) is 13.8 Å². The monoisotopic (exact) mass is 352 g/mol. The molecule has 0 aromatic heterocycles. The van der Waals surface area contributed by atoms with Crippen LogP contribution >= 0.6 is 11.8 Å². The van der Waals surface area contributed by atoms with Gasteiger partial charge in [-0.25, -0.2) is 8.42 Å². The van der Waals surface area contributed by atoms with Crippen molar-refractivity contribution in [3.05, 3.63) is 29.3 Å². The van der Waals surface area contributed by atoms with Gasteiger partial charge in [0.15, 0.2) is 15.0 Å². The maximum Gasteiger partial charge on any atom is 0.247 e. The first-order valence-electron chi connectivity index (χ1n) is 7.66. The zero-order chi connectivity index (χ0) is 16.8. The second-order valence-corrected chi connectivity index (χ2v) is 9.46. The van der Waals surface area contributed by atoms with Gasteiger partial charge < -0.3 is 4.90 Å². The first-order chi connectivity index (χ1) is 10.8. The van der Waals surface area contributed by atoms with Crippen LogP contribution in [0.3, 0.4) is 0 Å². The Morgan fingerprint density at radius 3 is 2.74 bits per heavy atom. The molecule has 2 fully saturated rings. The molecule has 124 valence electrons. The van der Waals surface area contributed by atoms with E-state index >= 15 is 0 Å². The highest BCUT2D eigenvalue weighted by molar-refractivity contribution is 8.16. The molecular formula is C16H20N2O3S2. The smallest absolute Gasteiger partial charge is 0.247 e. The highest BCUT2D eigenvalue weighted by Gasteiger charge is 2.49. The number of amidine groups is 1. The average molecular weight is 352 g/mol. The maximum absolute atomic E-state index is 12.0. The van der Waals surface area contributed by atoms with E-state index in [4.69, 9.17) is 0 Å². The van der Waals surface area contributed by atoms with Gasteiger partial charge in [0.2, 0.25) is 5.91 Å². The van der Waals surface area contributed by atoms with E-state index in [0.29, 0.717) is 11.6 Å². The molecule has 2 atom stereocenters. The number of nitrogens with zero attached hydrogens (tertiary/aromatic N) is 2. The summed E-state index contributed by atoms with van der Waals surface area (Å²) < 4.78 is 24.0. The zero-order valence-electron chi connectivity index (χ0n) is 13.4. The molecular weight excluding hydrogens is 332 g/mol. The third-order valence-electron chi connectivity index (χ3n) is 4.20. The number of sulfone groups is 1. The van der Waals surface area contributed by atoms with Crippen LogP contribution in [0.25, 0.3) is 0 Å². The molecule has 0 bridgehead atoms. The molecule has 2 heterocycles. The van der Waals surface area contributed by atoms with Gasteiger partial charge in [-0.2, -0.15) is 4.99 Å². The largest absolute Gasteiger partial charge is 0.315 e. The third kappa shape index (κ3) is 3.17. The van der Waals surface area contributed by atoms with Gasteiger partial charge in [-0.05, 0) is 25.5 Å². The standard InChI is InChI=1S/C16H20N2O3S2/c1-4-15(19)17-16-18(12-6-5-10(2)7-11(12)3)13-8-23(20,21)9-14(13)22-16/h5-7,13-14H,4,8-9H2,1-3H3/t13-,14-/m0/s1. The van der Waals surface area contributed by atoms with E-state index in [2.05, 4.69) is 11.1 Å². The normalized spacial score (nSPS) is 27.4. The summed E-state index contributed by atoms with van der Waals surface area (Å²) >= 11 is 1.42. The molecule has 0 aliphatic carbocycles. The molecule has 5 nitrogen and oxygen atoms in total. The molecule has 0 radical (unpaired) electrons. The highest BCUT2D eigenvalue weighted by Crippen LogP contribution is 2.42. The van der Waals surface area contributed by atoms with Gasteiger partial charge in [0, 0.05) is 17.4 Å². The van der Waals surface area contributed by atoms with Crippen LogP contribution in [0.5, 0.6) is 0 Å². The summed E-state index contributed by atoms with van der Waals surface area (Å²) in [6.07, 6.45) is 0.346. The van der Waals surface area contributed by atoms with Gasteiger partial charge >= 0.3 is 0 Å². The molecule has 0 N–H and O–H groups in total. The fourth-order valence-corrected chi connectivity index (χ4v) is 7.03. The number of benzene rings is 1. The lowest BCUT2D eigenvalue weighted by Crippen LogP contribution is -2.38. The number of thioether (sulfide) groups is 1. The number of rotatable bonds is 2. The first kappa shape index (κ1) is 16.5. The topological polar surface area (TPSA) is 66.8 Å². The van der Waals surface area contributed by atoms with Crippen molar-refractivity contribution < 1.29 is 13.2 Å². The van der Waals surface area contributed by atoms with Crippen molar-refractivity contribution in [3.8, 4) is 0 Å². The average Bonchev–Trinajstić information content (AvgIpc) is 2.91. The van der Waals surface area contributed by atoms with Crippen molar-refractivity contribution in [1.29, 1.82) is 0 Å². The molecule has 2 aliphatic rings. The zero-order valence-corrected chi connectivity index (χ0v) is 15.1. The number of amides is 1. The Morgan fingerprint density at radius 1 is 1.35 bits per heavy atom. The van der Waals surface area contributed by atoms with Gasteiger partial charge in [0.25, 0.3) is 0 Å². The molecule has 23 heavy (non-hydrogen) atoms. The number of hydrogen-bond acceptors (Lipinski definition) is 4. The second kappa shape index (κ2) is 5.94. The molecule has 2 aliphatic heterocycles. The minimum Gasteiger partial charge on any atom is -0.315 e. The first-order valence-corrected chi connectivity index (χ1v) is 10.4. The maximum atomic E-state index is 12.0. The van der Waals surface area contributed by atoms with Gasteiger partial charge in [-0.3, -0.25) is 4.79 Å². The summed E-state index contributed by atoms with van der Waals surface area (Å²) in [5.41, 5.74) is 3.15. The number of carbonyl (C=O) groups excluding carboxylic acids is 1. The van der Waals surface area contributed by atoms with E-state index in [1.54, 1.807) is 6.92 Å². The molecule has 3 rings (SSSR count). The molecule has 2 saturated heterocycles. The van der Waals surface area contributed by atoms with Crippen molar-refractivity contribution in [2.24, 2.45) is 4.99 Å². The predicted octanol–water partition coefficient (Wildman–Crippen LogP) is 2.31. The van der Waals surface area contributed by atoms with Crippen LogP contribution in [-0.4, -0.2) is 42.3 Å². The quantitative estimate of drug-likeness (QED) is 0.817. The summed E-state index contributed by atoms with van der Waals surface area (Å²) in [6, 6.07) is 5.92. The van der Waals surface area contributed by atoms with Gasteiger partial charge in [0.1, 0.15) is 0 Å². The lowest BCUT2D eigenvalue weighted by Gasteiger charge is -2.26. The second-order valence-electron chi connectivity index (χ2n) is 6.10. The molecule has 1 amide bonds. The molecule has 7 heteroatoms.